The summed E-state index contributed by atoms with van der Waals surface area (Å²) in [6.07, 6.45) is 6.88. The molecule has 1 aromatic rings. The van der Waals surface area contributed by atoms with E-state index < -0.39 is 10.8 Å². The van der Waals surface area contributed by atoms with Crippen molar-refractivity contribution < 1.29 is 4.21 Å². The highest BCUT2D eigenvalue weighted by atomic mass is 32.2. The molecule has 0 bridgehead atoms. The molecule has 0 amide bonds. The van der Waals surface area contributed by atoms with Crippen LogP contribution in [0.3, 0.4) is 0 Å². The highest BCUT2D eigenvalue weighted by Crippen LogP contribution is 2.29. The summed E-state index contributed by atoms with van der Waals surface area (Å²) in [6, 6.07) is 10.00. The van der Waals surface area contributed by atoms with Gasteiger partial charge in [-0.15, -0.1) is 0 Å². The summed E-state index contributed by atoms with van der Waals surface area (Å²) >= 11 is 0. The van der Waals surface area contributed by atoms with Gasteiger partial charge in [-0.3, -0.25) is 4.21 Å². The number of hydrogen-bond acceptors (Lipinski definition) is 2. The molecule has 1 fully saturated rings. The van der Waals surface area contributed by atoms with Gasteiger partial charge >= 0.3 is 0 Å². The molecule has 0 spiro atoms. The van der Waals surface area contributed by atoms with Crippen molar-refractivity contribution in [1.29, 1.82) is 0 Å². The maximum atomic E-state index is 12.8. The van der Waals surface area contributed by atoms with Crippen LogP contribution in [0.4, 0.5) is 0 Å². The Morgan fingerprint density at radius 1 is 1.21 bits per heavy atom. The van der Waals surface area contributed by atoms with Gasteiger partial charge in [0.05, 0.1) is 5.25 Å². The van der Waals surface area contributed by atoms with E-state index in [4.69, 9.17) is 5.73 Å². The van der Waals surface area contributed by atoms with Crippen molar-refractivity contribution in [1.82, 2.24) is 0 Å². The van der Waals surface area contributed by atoms with E-state index in [2.05, 4.69) is 6.92 Å². The van der Waals surface area contributed by atoms with Gasteiger partial charge in [0.1, 0.15) is 0 Å². The lowest BCUT2D eigenvalue weighted by molar-refractivity contribution is 0.496. The molecule has 1 saturated carbocycles. The van der Waals surface area contributed by atoms with Gasteiger partial charge in [-0.2, -0.15) is 0 Å². The fraction of sp³-hybridized carbons (Fsp3) is 0.625. The Morgan fingerprint density at radius 2 is 1.84 bits per heavy atom. The van der Waals surface area contributed by atoms with Crippen LogP contribution in [0.15, 0.2) is 30.3 Å². The summed E-state index contributed by atoms with van der Waals surface area (Å²) in [4.78, 5) is 0. The minimum Gasteiger partial charge on any atom is -0.323 e. The first-order valence-corrected chi connectivity index (χ1v) is 8.71. The standard InChI is InChI=1S/C16H25NOS/c1-2-15(16(17)13-9-5-3-6-10-13)19(18)14-11-7-4-8-12-14/h3,5-6,9-10,14-16H,2,4,7-8,11-12,17H2,1H3. The van der Waals surface area contributed by atoms with Crippen LogP contribution in [-0.2, 0) is 10.8 Å². The Labute approximate surface area is 119 Å². The van der Waals surface area contributed by atoms with Crippen LogP contribution in [0.1, 0.15) is 57.1 Å². The van der Waals surface area contributed by atoms with Crippen LogP contribution in [0.5, 0.6) is 0 Å². The normalized spacial score (nSPS) is 21.8. The van der Waals surface area contributed by atoms with Crippen LogP contribution in [-0.4, -0.2) is 14.7 Å². The topological polar surface area (TPSA) is 43.1 Å². The zero-order valence-electron chi connectivity index (χ0n) is 11.8. The van der Waals surface area contributed by atoms with Gasteiger partial charge in [-0.05, 0) is 24.8 Å². The van der Waals surface area contributed by atoms with E-state index in [0.717, 1.165) is 24.8 Å². The summed E-state index contributed by atoms with van der Waals surface area (Å²) < 4.78 is 12.8. The van der Waals surface area contributed by atoms with Crippen LogP contribution in [0.2, 0.25) is 0 Å². The summed E-state index contributed by atoms with van der Waals surface area (Å²) in [5.41, 5.74) is 7.47. The van der Waals surface area contributed by atoms with E-state index in [1.807, 2.05) is 30.3 Å². The predicted molar refractivity (Wildman–Crippen MR) is 82.5 cm³/mol. The third-order valence-corrected chi connectivity index (χ3v) is 6.52. The van der Waals surface area contributed by atoms with Gasteiger partial charge in [-0.1, -0.05) is 56.5 Å². The summed E-state index contributed by atoms with van der Waals surface area (Å²) in [5, 5.41) is 0.457. The first-order chi connectivity index (χ1) is 9.24. The molecule has 1 aliphatic carbocycles. The van der Waals surface area contributed by atoms with Gasteiger partial charge < -0.3 is 5.73 Å². The average Bonchev–Trinajstić information content (AvgIpc) is 2.49. The second-order valence-electron chi connectivity index (χ2n) is 5.47. The first-order valence-electron chi connectivity index (χ1n) is 7.44. The monoisotopic (exact) mass is 279 g/mol. The summed E-state index contributed by atoms with van der Waals surface area (Å²) in [6.45, 7) is 2.11. The van der Waals surface area contributed by atoms with Crippen molar-refractivity contribution >= 4 is 10.8 Å². The summed E-state index contributed by atoms with van der Waals surface area (Å²) in [5.74, 6) is 0. The van der Waals surface area contributed by atoms with Gasteiger partial charge in [0.15, 0.2) is 0 Å². The number of hydrogen-bond donors (Lipinski definition) is 1. The predicted octanol–water partition coefficient (Wildman–Crippen LogP) is 3.55. The third-order valence-electron chi connectivity index (χ3n) is 4.17. The van der Waals surface area contributed by atoms with Crippen molar-refractivity contribution in [2.75, 3.05) is 0 Å². The maximum absolute atomic E-state index is 12.8. The van der Waals surface area contributed by atoms with Crippen molar-refractivity contribution in [2.45, 2.75) is 62.0 Å². The Bertz CT molecular complexity index is 400. The Balaban J connectivity index is 2.08. The molecule has 0 radical (unpaired) electrons. The Kier molecular flexibility index (Phi) is 5.59. The molecule has 0 saturated heterocycles. The minimum absolute atomic E-state index is 0.0884. The maximum Gasteiger partial charge on any atom is 0.0540 e. The molecular weight excluding hydrogens is 254 g/mol. The molecule has 1 aromatic carbocycles. The van der Waals surface area contributed by atoms with Crippen molar-refractivity contribution in [3.63, 3.8) is 0 Å². The average molecular weight is 279 g/mol. The van der Waals surface area contributed by atoms with Crippen LogP contribution in [0.25, 0.3) is 0 Å². The third kappa shape index (κ3) is 3.67. The zero-order valence-corrected chi connectivity index (χ0v) is 12.6. The van der Waals surface area contributed by atoms with E-state index in [9.17, 15) is 4.21 Å². The second-order valence-corrected chi connectivity index (χ2v) is 7.40. The molecular formula is C16H25NOS. The minimum atomic E-state index is -0.800. The van der Waals surface area contributed by atoms with E-state index in [1.54, 1.807) is 0 Å². The lowest BCUT2D eigenvalue weighted by Gasteiger charge is -2.29. The molecule has 3 heteroatoms. The van der Waals surface area contributed by atoms with Crippen LogP contribution >= 0.6 is 0 Å². The van der Waals surface area contributed by atoms with E-state index in [1.165, 1.54) is 19.3 Å². The SMILES string of the molecule is CCC(C(N)c1ccccc1)S(=O)C1CCCCC1. The molecule has 0 aliphatic heterocycles. The van der Waals surface area contributed by atoms with Gasteiger partial charge in [0, 0.05) is 22.1 Å². The quantitative estimate of drug-likeness (QED) is 0.895. The Hall–Kier alpha value is -0.670. The molecule has 2 rings (SSSR count). The van der Waals surface area contributed by atoms with Gasteiger partial charge in [-0.25, -0.2) is 0 Å². The first kappa shape index (κ1) is 14.7. The lowest BCUT2D eigenvalue weighted by atomic mass is 10.0. The highest BCUT2D eigenvalue weighted by Gasteiger charge is 2.30. The van der Waals surface area contributed by atoms with Crippen molar-refractivity contribution in [3.8, 4) is 0 Å². The fourth-order valence-corrected chi connectivity index (χ4v) is 5.06. The van der Waals surface area contributed by atoms with Crippen LogP contribution in [0, 0.1) is 0 Å². The molecule has 3 unspecified atom stereocenters. The number of benzene rings is 1. The molecule has 0 aromatic heterocycles. The van der Waals surface area contributed by atoms with Crippen molar-refractivity contribution in [2.24, 2.45) is 5.73 Å². The second kappa shape index (κ2) is 7.20. The molecule has 3 atom stereocenters. The zero-order chi connectivity index (χ0) is 13.7. The molecule has 2 nitrogen and oxygen atoms in total. The molecule has 1 aliphatic rings. The Morgan fingerprint density at radius 3 is 2.42 bits per heavy atom. The van der Waals surface area contributed by atoms with E-state index >= 15 is 0 Å². The molecule has 19 heavy (non-hydrogen) atoms. The fourth-order valence-electron chi connectivity index (χ4n) is 3.00. The largest absolute Gasteiger partial charge is 0.323 e. The highest BCUT2D eigenvalue weighted by molar-refractivity contribution is 7.86. The number of rotatable bonds is 5. The number of nitrogens with two attached hydrogens (primary N) is 1. The van der Waals surface area contributed by atoms with E-state index in [-0.39, 0.29) is 11.3 Å². The molecule has 0 heterocycles. The van der Waals surface area contributed by atoms with Gasteiger partial charge in [0.25, 0.3) is 0 Å². The summed E-state index contributed by atoms with van der Waals surface area (Å²) in [7, 11) is -0.800. The van der Waals surface area contributed by atoms with Gasteiger partial charge in [0.2, 0.25) is 0 Å². The van der Waals surface area contributed by atoms with E-state index in [0.29, 0.717) is 5.25 Å². The lowest BCUT2D eigenvalue weighted by Crippen LogP contribution is -2.35. The smallest absolute Gasteiger partial charge is 0.0540 e. The molecule has 2 N–H and O–H groups in total. The van der Waals surface area contributed by atoms with Crippen LogP contribution < -0.4 is 5.73 Å². The van der Waals surface area contributed by atoms with Crippen molar-refractivity contribution in [3.05, 3.63) is 35.9 Å². The molecule has 106 valence electrons.